The summed E-state index contributed by atoms with van der Waals surface area (Å²) >= 11 is 0. The predicted octanol–water partition coefficient (Wildman–Crippen LogP) is 0.675. The zero-order chi connectivity index (χ0) is 6.85. The largest absolute Gasteiger partial charge is 0.375 e. The SMILES string of the molecule is C=C1NCNC1C(C)C. The average molecular weight is 126 g/mol. The Bertz CT molecular complexity index is 118. The van der Waals surface area contributed by atoms with E-state index < -0.39 is 0 Å². The molecule has 2 heteroatoms. The summed E-state index contributed by atoms with van der Waals surface area (Å²) in [6, 6.07) is 0.477. The summed E-state index contributed by atoms with van der Waals surface area (Å²) in [5.41, 5.74) is 1.13. The first-order valence-corrected chi connectivity index (χ1v) is 3.38. The van der Waals surface area contributed by atoms with Gasteiger partial charge in [0.1, 0.15) is 0 Å². The summed E-state index contributed by atoms with van der Waals surface area (Å²) in [4.78, 5) is 0. The Morgan fingerprint density at radius 2 is 2.33 bits per heavy atom. The molecule has 1 aliphatic rings. The van der Waals surface area contributed by atoms with E-state index in [9.17, 15) is 0 Å². The molecule has 2 nitrogen and oxygen atoms in total. The lowest BCUT2D eigenvalue weighted by Gasteiger charge is -2.13. The van der Waals surface area contributed by atoms with Crippen molar-refractivity contribution in [3.05, 3.63) is 12.3 Å². The first-order chi connectivity index (χ1) is 4.22. The molecule has 1 aliphatic heterocycles. The van der Waals surface area contributed by atoms with Gasteiger partial charge in [0.2, 0.25) is 0 Å². The van der Waals surface area contributed by atoms with Crippen molar-refractivity contribution in [2.75, 3.05) is 6.67 Å². The van der Waals surface area contributed by atoms with E-state index in [1.54, 1.807) is 0 Å². The van der Waals surface area contributed by atoms with Gasteiger partial charge < -0.3 is 5.32 Å². The molecule has 2 N–H and O–H groups in total. The van der Waals surface area contributed by atoms with E-state index in [0.29, 0.717) is 12.0 Å². The van der Waals surface area contributed by atoms with E-state index in [2.05, 4.69) is 31.1 Å². The van der Waals surface area contributed by atoms with E-state index in [0.717, 1.165) is 12.4 Å². The third-order valence-electron chi connectivity index (χ3n) is 1.68. The Morgan fingerprint density at radius 1 is 1.67 bits per heavy atom. The third-order valence-corrected chi connectivity index (χ3v) is 1.68. The van der Waals surface area contributed by atoms with Crippen LogP contribution in [0.3, 0.4) is 0 Å². The van der Waals surface area contributed by atoms with Crippen molar-refractivity contribution in [1.29, 1.82) is 0 Å². The highest BCUT2D eigenvalue weighted by Gasteiger charge is 2.20. The lowest BCUT2D eigenvalue weighted by atomic mass is 10.0. The molecule has 0 spiro atoms. The van der Waals surface area contributed by atoms with E-state index in [4.69, 9.17) is 0 Å². The molecule has 1 saturated heterocycles. The Labute approximate surface area is 56.3 Å². The lowest BCUT2D eigenvalue weighted by Crippen LogP contribution is -2.27. The zero-order valence-corrected chi connectivity index (χ0v) is 6.07. The fraction of sp³-hybridized carbons (Fsp3) is 0.714. The Hall–Kier alpha value is -0.500. The van der Waals surface area contributed by atoms with E-state index in [-0.39, 0.29) is 0 Å². The smallest absolute Gasteiger partial charge is 0.0656 e. The van der Waals surface area contributed by atoms with Crippen molar-refractivity contribution < 1.29 is 0 Å². The molecule has 9 heavy (non-hydrogen) atoms. The molecule has 1 rings (SSSR count). The van der Waals surface area contributed by atoms with Crippen LogP contribution in [0.15, 0.2) is 12.3 Å². The second-order valence-corrected chi connectivity index (χ2v) is 2.80. The molecule has 0 aromatic heterocycles. The van der Waals surface area contributed by atoms with Crippen LogP contribution < -0.4 is 10.6 Å². The fourth-order valence-electron chi connectivity index (χ4n) is 1.15. The highest BCUT2D eigenvalue weighted by Crippen LogP contribution is 2.10. The van der Waals surface area contributed by atoms with Crippen LogP contribution in [0, 0.1) is 5.92 Å². The van der Waals surface area contributed by atoms with Gasteiger partial charge in [-0.15, -0.1) is 0 Å². The molecule has 0 aliphatic carbocycles. The molecule has 1 fully saturated rings. The van der Waals surface area contributed by atoms with Crippen LogP contribution in [0.5, 0.6) is 0 Å². The topological polar surface area (TPSA) is 24.1 Å². The van der Waals surface area contributed by atoms with Gasteiger partial charge >= 0.3 is 0 Å². The normalized spacial score (nSPS) is 27.0. The highest BCUT2D eigenvalue weighted by molar-refractivity contribution is 5.08. The maximum Gasteiger partial charge on any atom is 0.0656 e. The van der Waals surface area contributed by atoms with Gasteiger partial charge in [-0.2, -0.15) is 0 Å². The minimum Gasteiger partial charge on any atom is -0.375 e. The molecule has 1 atom stereocenters. The van der Waals surface area contributed by atoms with Crippen LogP contribution in [-0.4, -0.2) is 12.7 Å². The number of rotatable bonds is 1. The van der Waals surface area contributed by atoms with Crippen LogP contribution >= 0.6 is 0 Å². The molecular weight excluding hydrogens is 112 g/mol. The summed E-state index contributed by atoms with van der Waals surface area (Å²) < 4.78 is 0. The summed E-state index contributed by atoms with van der Waals surface area (Å²) in [6.07, 6.45) is 0. The van der Waals surface area contributed by atoms with Gasteiger partial charge in [0.15, 0.2) is 0 Å². The van der Waals surface area contributed by atoms with E-state index in [1.807, 2.05) is 0 Å². The fourth-order valence-corrected chi connectivity index (χ4v) is 1.15. The van der Waals surface area contributed by atoms with Crippen molar-refractivity contribution in [2.24, 2.45) is 5.92 Å². The van der Waals surface area contributed by atoms with Gasteiger partial charge in [-0.1, -0.05) is 20.4 Å². The number of hydrogen-bond donors (Lipinski definition) is 2. The Kier molecular flexibility index (Phi) is 1.76. The molecule has 1 heterocycles. The highest BCUT2D eigenvalue weighted by atomic mass is 15.2. The number of nitrogens with one attached hydrogen (secondary N) is 2. The van der Waals surface area contributed by atoms with Gasteiger partial charge in [0.25, 0.3) is 0 Å². The molecule has 0 amide bonds. The quantitative estimate of drug-likeness (QED) is 0.539. The zero-order valence-electron chi connectivity index (χ0n) is 6.07. The summed E-state index contributed by atoms with van der Waals surface area (Å²) in [5.74, 6) is 0.646. The molecule has 1 unspecified atom stereocenters. The second-order valence-electron chi connectivity index (χ2n) is 2.80. The van der Waals surface area contributed by atoms with E-state index in [1.165, 1.54) is 0 Å². The first-order valence-electron chi connectivity index (χ1n) is 3.38. The molecule has 52 valence electrons. The van der Waals surface area contributed by atoms with Crippen LogP contribution in [-0.2, 0) is 0 Å². The summed E-state index contributed by atoms with van der Waals surface area (Å²) in [7, 11) is 0. The van der Waals surface area contributed by atoms with Crippen molar-refractivity contribution >= 4 is 0 Å². The van der Waals surface area contributed by atoms with Crippen molar-refractivity contribution in [3.8, 4) is 0 Å². The molecule has 0 radical (unpaired) electrons. The predicted molar refractivity (Wildman–Crippen MR) is 38.9 cm³/mol. The van der Waals surface area contributed by atoms with E-state index >= 15 is 0 Å². The standard InChI is InChI=1S/C7H14N2/c1-5(2)7-6(3)8-4-9-7/h5,7-9H,3-4H2,1-2H3. The molecule has 0 bridgehead atoms. The monoisotopic (exact) mass is 126 g/mol. The summed E-state index contributed by atoms with van der Waals surface area (Å²) in [6.45, 7) is 9.14. The molecule has 0 aromatic rings. The second kappa shape index (κ2) is 2.40. The van der Waals surface area contributed by atoms with Crippen LogP contribution in [0.4, 0.5) is 0 Å². The number of hydrogen-bond acceptors (Lipinski definition) is 2. The van der Waals surface area contributed by atoms with Crippen LogP contribution in [0.2, 0.25) is 0 Å². The Balaban J connectivity index is 2.49. The van der Waals surface area contributed by atoms with Gasteiger partial charge in [-0.05, 0) is 5.92 Å². The minimum atomic E-state index is 0.477. The third kappa shape index (κ3) is 1.24. The van der Waals surface area contributed by atoms with Gasteiger partial charge in [-0.3, -0.25) is 5.32 Å². The minimum absolute atomic E-state index is 0.477. The van der Waals surface area contributed by atoms with Gasteiger partial charge in [0.05, 0.1) is 12.7 Å². The first kappa shape index (κ1) is 6.62. The van der Waals surface area contributed by atoms with Crippen LogP contribution in [0.1, 0.15) is 13.8 Å². The van der Waals surface area contributed by atoms with Gasteiger partial charge in [-0.25, -0.2) is 0 Å². The maximum absolute atomic E-state index is 3.88. The maximum atomic E-state index is 3.88. The molecule has 0 saturated carbocycles. The van der Waals surface area contributed by atoms with Crippen LogP contribution in [0.25, 0.3) is 0 Å². The van der Waals surface area contributed by atoms with Crippen molar-refractivity contribution in [1.82, 2.24) is 10.6 Å². The molecule has 0 aromatic carbocycles. The molecular formula is C7H14N2. The van der Waals surface area contributed by atoms with Crippen molar-refractivity contribution in [2.45, 2.75) is 19.9 Å². The lowest BCUT2D eigenvalue weighted by molar-refractivity contribution is 0.500. The van der Waals surface area contributed by atoms with Gasteiger partial charge in [0, 0.05) is 5.70 Å². The Morgan fingerprint density at radius 3 is 2.56 bits per heavy atom. The average Bonchev–Trinajstić information content (AvgIpc) is 2.13. The van der Waals surface area contributed by atoms with Crippen molar-refractivity contribution in [3.63, 3.8) is 0 Å². The summed E-state index contributed by atoms with van der Waals surface area (Å²) in [5, 5.41) is 6.44.